The summed E-state index contributed by atoms with van der Waals surface area (Å²) in [5, 5.41) is 3.01. The average Bonchev–Trinajstić information content (AvgIpc) is 2.77. The van der Waals surface area contributed by atoms with Crippen molar-refractivity contribution >= 4 is 23.6 Å². The van der Waals surface area contributed by atoms with E-state index < -0.39 is 0 Å². The van der Waals surface area contributed by atoms with Crippen molar-refractivity contribution in [3.05, 3.63) is 30.3 Å². The number of hydrogen-bond donors (Lipinski definition) is 1. The second-order valence-electron chi connectivity index (χ2n) is 7.42. The molecule has 0 atom stereocenters. The molecule has 0 spiro atoms. The predicted molar refractivity (Wildman–Crippen MR) is 109 cm³/mol. The molecule has 1 aromatic carbocycles. The molecule has 7 heteroatoms. The number of rotatable bonds is 8. The van der Waals surface area contributed by atoms with Crippen LogP contribution in [0.3, 0.4) is 0 Å². The highest BCUT2D eigenvalue weighted by molar-refractivity contribution is 8.00. The summed E-state index contributed by atoms with van der Waals surface area (Å²) in [7, 11) is 0. The van der Waals surface area contributed by atoms with E-state index in [4.69, 9.17) is 9.47 Å². The van der Waals surface area contributed by atoms with Gasteiger partial charge in [-0.3, -0.25) is 14.5 Å². The molecule has 0 unspecified atom stereocenters. The number of morpholine rings is 1. The molecular weight excluding hydrogens is 376 g/mol. The van der Waals surface area contributed by atoms with Crippen LogP contribution in [0.1, 0.15) is 32.1 Å². The number of nitrogens with one attached hydrogen (secondary N) is 1. The number of hydrogen-bond acceptors (Lipinski definition) is 6. The first-order chi connectivity index (χ1) is 13.7. The summed E-state index contributed by atoms with van der Waals surface area (Å²) in [4.78, 5) is 27.6. The summed E-state index contributed by atoms with van der Waals surface area (Å²) in [6, 6.07) is 9.68. The first-order valence-corrected chi connectivity index (χ1v) is 11.1. The Morgan fingerprint density at radius 3 is 2.54 bits per heavy atom. The van der Waals surface area contributed by atoms with E-state index in [0.29, 0.717) is 6.54 Å². The van der Waals surface area contributed by atoms with E-state index in [2.05, 4.69) is 10.2 Å². The molecular formula is C21H30N2O4S. The average molecular weight is 407 g/mol. The molecule has 28 heavy (non-hydrogen) atoms. The molecule has 2 aliphatic rings. The largest absolute Gasteiger partial charge is 0.455 e. The summed E-state index contributed by atoms with van der Waals surface area (Å²) in [5.74, 6) is -0.393. The topological polar surface area (TPSA) is 67.9 Å². The van der Waals surface area contributed by atoms with Crippen molar-refractivity contribution in [3.8, 4) is 0 Å². The van der Waals surface area contributed by atoms with E-state index >= 15 is 0 Å². The van der Waals surface area contributed by atoms with E-state index in [-0.39, 0.29) is 29.8 Å². The first-order valence-electron chi connectivity index (χ1n) is 10.1. The fourth-order valence-electron chi connectivity index (χ4n) is 4.01. The molecule has 1 aliphatic heterocycles. The van der Waals surface area contributed by atoms with Crippen molar-refractivity contribution in [3.63, 3.8) is 0 Å². The SMILES string of the molecule is O=C(COC(=O)CSc1ccccc1)NCC1(N2CCOCC2)CCCCC1. The van der Waals surface area contributed by atoms with Crippen molar-refractivity contribution in [1.82, 2.24) is 10.2 Å². The molecule has 0 bridgehead atoms. The lowest BCUT2D eigenvalue weighted by atomic mass is 9.79. The van der Waals surface area contributed by atoms with Crippen LogP contribution in [0.4, 0.5) is 0 Å². The number of thioether (sulfide) groups is 1. The zero-order valence-electron chi connectivity index (χ0n) is 16.4. The van der Waals surface area contributed by atoms with Gasteiger partial charge in [0, 0.05) is 30.1 Å². The molecule has 1 amide bonds. The minimum Gasteiger partial charge on any atom is -0.455 e. The van der Waals surface area contributed by atoms with Gasteiger partial charge < -0.3 is 14.8 Å². The fraction of sp³-hybridized carbons (Fsp3) is 0.619. The Hall–Kier alpha value is -1.57. The summed E-state index contributed by atoms with van der Waals surface area (Å²) in [5.41, 5.74) is 0.0187. The molecule has 154 valence electrons. The molecule has 1 saturated carbocycles. The quantitative estimate of drug-likeness (QED) is 0.528. The number of ether oxygens (including phenoxy) is 2. The van der Waals surface area contributed by atoms with Crippen molar-refractivity contribution in [1.29, 1.82) is 0 Å². The van der Waals surface area contributed by atoms with Crippen molar-refractivity contribution in [2.45, 2.75) is 42.5 Å². The van der Waals surface area contributed by atoms with Gasteiger partial charge in [0.1, 0.15) is 0 Å². The summed E-state index contributed by atoms with van der Waals surface area (Å²) < 4.78 is 10.6. The summed E-state index contributed by atoms with van der Waals surface area (Å²) >= 11 is 1.41. The zero-order chi connectivity index (χ0) is 19.7. The van der Waals surface area contributed by atoms with Crippen LogP contribution >= 0.6 is 11.8 Å². The number of esters is 1. The van der Waals surface area contributed by atoms with E-state index in [9.17, 15) is 9.59 Å². The molecule has 1 aliphatic carbocycles. The van der Waals surface area contributed by atoms with Crippen LogP contribution in [-0.4, -0.2) is 67.5 Å². The molecule has 3 rings (SSSR count). The number of carbonyl (C=O) groups excluding carboxylic acids is 2. The first kappa shape index (κ1) is 21.1. The third kappa shape index (κ3) is 6.22. The smallest absolute Gasteiger partial charge is 0.316 e. The van der Waals surface area contributed by atoms with Crippen LogP contribution in [-0.2, 0) is 19.1 Å². The molecule has 0 aromatic heterocycles. The molecule has 1 N–H and O–H groups in total. The van der Waals surface area contributed by atoms with Crippen molar-refractivity contribution in [2.75, 3.05) is 45.2 Å². The van der Waals surface area contributed by atoms with Crippen LogP contribution in [0, 0.1) is 0 Å². The van der Waals surface area contributed by atoms with Gasteiger partial charge in [-0.2, -0.15) is 0 Å². The van der Waals surface area contributed by atoms with E-state index in [1.807, 2.05) is 30.3 Å². The highest BCUT2D eigenvalue weighted by Gasteiger charge is 2.38. The van der Waals surface area contributed by atoms with Crippen molar-refractivity contribution in [2.24, 2.45) is 0 Å². The zero-order valence-corrected chi connectivity index (χ0v) is 17.2. The van der Waals surface area contributed by atoms with E-state index in [1.165, 1.54) is 31.0 Å². The lowest BCUT2D eigenvalue weighted by Gasteiger charge is -2.48. The molecule has 1 aromatic rings. The van der Waals surface area contributed by atoms with Gasteiger partial charge in [-0.05, 0) is 25.0 Å². The monoisotopic (exact) mass is 406 g/mol. The van der Waals surface area contributed by atoms with Crippen LogP contribution in [0.15, 0.2) is 35.2 Å². The second-order valence-corrected chi connectivity index (χ2v) is 8.47. The lowest BCUT2D eigenvalue weighted by Crippen LogP contribution is -2.59. The van der Waals surface area contributed by atoms with Gasteiger partial charge in [0.25, 0.3) is 5.91 Å². The number of carbonyl (C=O) groups is 2. The number of amides is 1. The Labute approximate surface area is 171 Å². The Kier molecular flexibility index (Phi) is 8.18. The van der Waals surface area contributed by atoms with Gasteiger partial charge in [0.2, 0.25) is 0 Å². The third-order valence-electron chi connectivity index (χ3n) is 5.54. The fourth-order valence-corrected chi connectivity index (χ4v) is 4.73. The van der Waals surface area contributed by atoms with Gasteiger partial charge in [-0.25, -0.2) is 0 Å². The van der Waals surface area contributed by atoms with Gasteiger partial charge in [0.15, 0.2) is 6.61 Å². The summed E-state index contributed by atoms with van der Waals surface area (Å²) in [6.45, 7) is 3.75. The van der Waals surface area contributed by atoms with Crippen LogP contribution in [0.5, 0.6) is 0 Å². The highest BCUT2D eigenvalue weighted by Crippen LogP contribution is 2.33. The lowest BCUT2D eigenvalue weighted by molar-refractivity contribution is -0.146. The minimum atomic E-state index is -0.371. The predicted octanol–water partition coefficient (Wildman–Crippen LogP) is 2.47. The standard InChI is InChI=1S/C21H30N2O4S/c24-19(15-27-20(25)16-28-18-7-3-1-4-8-18)22-17-21(9-5-2-6-10-21)23-11-13-26-14-12-23/h1,3-4,7-8H,2,5-6,9-17H2,(H,22,24). The van der Waals surface area contributed by atoms with Gasteiger partial charge in [0.05, 0.1) is 19.0 Å². The highest BCUT2D eigenvalue weighted by atomic mass is 32.2. The van der Waals surface area contributed by atoms with Gasteiger partial charge in [-0.1, -0.05) is 37.5 Å². The maximum Gasteiger partial charge on any atom is 0.316 e. The molecule has 6 nitrogen and oxygen atoms in total. The van der Waals surface area contributed by atoms with Gasteiger partial charge in [-0.15, -0.1) is 11.8 Å². The number of benzene rings is 1. The Morgan fingerprint density at radius 1 is 1.11 bits per heavy atom. The molecule has 1 saturated heterocycles. The maximum atomic E-state index is 12.3. The second kappa shape index (κ2) is 10.8. The summed E-state index contributed by atoms with van der Waals surface area (Å²) in [6.07, 6.45) is 5.84. The third-order valence-corrected chi connectivity index (χ3v) is 6.53. The van der Waals surface area contributed by atoms with Crippen LogP contribution < -0.4 is 5.32 Å². The van der Waals surface area contributed by atoms with Gasteiger partial charge >= 0.3 is 5.97 Å². The maximum absolute atomic E-state index is 12.3. The van der Waals surface area contributed by atoms with Crippen LogP contribution in [0.25, 0.3) is 0 Å². The van der Waals surface area contributed by atoms with E-state index in [1.54, 1.807) is 0 Å². The number of nitrogens with zero attached hydrogens (tertiary/aromatic N) is 1. The van der Waals surface area contributed by atoms with E-state index in [0.717, 1.165) is 44.0 Å². The molecule has 0 radical (unpaired) electrons. The Balaban J connectivity index is 1.41. The minimum absolute atomic E-state index is 0.0187. The van der Waals surface area contributed by atoms with Crippen LogP contribution in [0.2, 0.25) is 0 Å². The normalized spacial score (nSPS) is 19.7. The molecule has 2 fully saturated rings. The Morgan fingerprint density at radius 2 is 1.82 bits per heavy atom. The molecule has 1 heterocycles. The Bertz CT molecular complexity index is 629. The van der Waals surface area contributed by atoms with Crippen molar-refractivity contribution < 1.29 is 19.1 Å².